The molecule has 0 unspecified atom stereocenters. The van der Waals surface area contributed by atoms with Crippen LogP contribution in [0.15, 0.2) is 45.1 Å². The molecule has 2 aromatic heterocycles. The maximum Gasteiger partial charge on any atom is 0.332 e. The van der Waals surface area contributed by atoms with Crippen molar-refractivity contribution < 1.29 is 9.59 Å². The summed E-state index contributed by atoms with van der Waals surface area (Å²) in [5, 5.41) is 2.96. The molecular weight excluding hydrogens is 450 g/mol. The Kier molecular flexibility index (Phi) is 5.15. The molecule has 3 aromatic rings. The molecule has 0 bridgehead atoms. The number of carbonyl (C=O) groups is 2. The van der Waals surface area contributed by atoms with Gasteiger partial charge >= 0.3 is 11.7 Å². The van der Waals surface area contributed by atoms with Crippen molar-refractivity contribution in [2.45, 2.75) is 32.9 Å². The number of anilines is 1. The lowest BCUT2D eigenvalue weighted by atomic mass is 9.93. The molecule has 4 heterocycles. The summed E-state index contributed by atoms with van der Waals surface area (Å²) in [5.41, 5.74) is 2.17. The van der Waals surface area contributed by atoms with Crippen LogP contribution in [-0.4, -0.2) is 49.1 Å². The fourth-order valence-corrected chi connectivity index (χ4v) is 4.81. The first-order valence-electron chi connectivity index (χ1n) is 11.5. The van der Waals surface area contributed by atoms with E-state index in [0.29, 0.717) is 24.2 Å². The van der Waals surface area contributed by atoms with E-state index in [0.717, 1.165) is 15.7 Å². The topological polar surface area (TPSA) is 114 Å². The fraction of sp³-hybridized carbons (Fsp3) is 0.375. The molecule has 3 amide bonds. The number of allylic oxidation sites excluding steroid dienone is 1. The van der Waals surface area contributed by atoms with Crippen molar-refractivity contribution in [3.05, 3.63) is 67.5 Å². The fourth-order valence-electron chi connectivity index (χ4n) is 4.81. The van der Waals surface area contributed by atoms with Gasteiger partial charge in [-0.3, -0.25) is 33.1 Å². The Morgan fingerprint density at radius 1 is 1.03 bits per heavy atom. The Morgan fingerprint density at radius 3 is 2.37 bits per heavy atom. The van der Waals surface area contributed by atoms with Crippen LogP contribution in [0.1, 0.15) is 30.5 Å². The van der Waals surface area contributed by atoms with E-state index in [-0.39, 0.29) is 35.6 Å². The molecule has 0 spiro atoms. The van der Waals surface area contributed by atoms with Crippen molar-refractivity contribution in [2.24, 2.45) is 14.1 Å². The van der Waals surface area contributed by atoms with Gasteiger partial charge in [-0.05, 0) is 18.9 Å². The van der Waals surface area contributed by atoms with Gasteiger partial charge in [0.2, 0.25) is 5.95 Å². The minimum atomic E-state index is -0.649. The van der Waals surface area contributed by atoms with Gasteiger partial charge < -0.3 is 5.32 Å². The van der Waals surface area contributed by atoms with Crippen LogP contribution in [-0.2, 0) is 25.4 Å². The molecule has 0 aliphatic carbocycles. The van der Waals surface area contributed by atoms with E-state index in [1.165, 1.54) is 16.5 Å². The van der Waals surface area contributed by atoms with Crippen LogP contribution in [0.4, 0.5) is 10.7 Å². The zero-order valence-corrected chi connectivity index (χ0v) is 20.3. The molecule has 11 heteroatoms. The maximum atomic E-state index is 14.1. The van der Waals surface area contributed by atoms with E-state index in [9.17, 15) is 19.2 Å². The number of fused-ring (bicyclic) bond motifs is 3. The molecule has 0 radical (unpaired) electrons. The zero-order valence-electron chi connectivity index (χ0n) is 20.3. The molecule has 35 heavy (non-hydrogen) atoms. The minimum absolute atomic E-state index is 0.0762. The number of nitrogens with zero attached hydrogens (tertiary/aromatic N) is 6. The highest BCUT2D eigenvalue weighted by molar-refractivity contribution is 6.08. The van der Waals surface area contributed by atoms with E-state index in [1.807, 2.05) is 38.1 Å². The Balaban J connectivity index is 1.82. The average Bonchev–Trinajstić information content (AvgIpc) is 3.16. The summed E-state index contributed by atoms with van der Waals surface area (Å²) in [7, 11) is 4.56. The summed E-state index contributed by atoms with van der Waals surface area (Å²) in [5.74, 6) is -0.0155. The van der Waals surface area contributed by atoms with Gasteiger partial charge in [-0.15, -0.1) is 0 Å². The highest BCUT2D eigenvalue weighted by atomic mass is 16.2. The molecule has 1 aromatic carbocycles. The van der Waals surface area contributed by atoms with Crippen molar-refractivity contribution in [3.63, 3.8) is 0 Å². The summed E-state index contributed by atoms with van der Waals surface area (Å²) in [6, 6.07) is 6.68. The third-order valence-corrected chi connectivity index (χ3v) is 6.79. The predicted octanol–water partition coefficient (Wildman–Crippen LogP) is 1.15. The second kappa shape index (κ2) is 7.97. The number of hydrogen-bond donors (Lipinski definition) is 1. The first-order chi connectivity index (χ1) is 16.6. The van der Waals surface area contributed by atoms with E-state index in [2.05, 4.69) is 10.3 Å². The van der Waals surface area contributed by atoms with Crippen molar-refractivity contribution in [1.29, 1.82) is 0 Å². The van der Waals surface area contributed by atoms with Gasteiger partial charge in [0.05, 0.1) is 23.9 Å². The van der Waals surface area contributed by atoms with Crippen LogP contribution in [0.25, 0.3) is 11.2 Å². The smallest absolute Gasteiger partial charge is 0.327 e. The lowest BCUT2D eigenvalue weighted by Gasteiger charge is -2.35. The number of aromatic nitrogens is 4. The largest absolute Gasteiger partial charge is 0.332 e. The van der Waals surface area contributed by atoms with Gasteiger partial charge in [0.15, 0.2) is 11.2 Å². The predicted molar refractivity (Wildman–Crippen MR) is 130 cm³/mol. The number of urea groups is 1. The molecule has 1 N–H and O–H groups in total. The molecule has 0 saturated heterocycles. The number of aryl methyl sites for hydroxylation is 2. The SMILES string of the molecule is CCCN1C(=O)C2=C(Cn3c1nc1c3c(=O)n(C)c(=O)n1C)N(C)C(=O)N[C@@H]2c1ccc(C)cc1. The lowest BCUT2D eigenvalue weighted by molar-refractivity contribution is -0.115. The van der Waals surface area contributed by atoms with Crippen molar-refractivity contribution in [1.82, 2.24) is 28.9 Å². The molecule has 11 nitrogen and oxygen atoms in total. The number of benzene rings is 1. The molecule has 2 aliphatic heterocycles. The Hall–Kier alpha value is -4.15. The second-order valence-corrected chi connectivity index (χ2v) is 9.05. The van der Waals surface area contributed by atoms with Gasteiger partial charge in [-0.1, -0.05) is 36.8 Å². The Morgan fingerprint density at radius 2 is 1.71 bits per heavy atom. The lowest BCUT2D eigenvalue weighted by Crippen LogP contribution is -2.48. The van der Waals surface area contributed by atoms with E-state index < -0.39 is 17.3 Å². The number of imidazole rings is 1. The molecule has 5 rings (SSSR count). The first kappa shape index (κ1) is 22.6. The average molecular weight is 478 g/mol. The van der Waals surface area contributed by atoms with Crippen LogP contribution in [0.2, 0.25) is 0 Å². The molecule has 0 saturated carbocycles. The van der Waals surface area contributed by atoms with Crippen LogP contribution in [0.5, 0.6) is 0 Å². The summed E-state index contributed by atoms with van der Waals surface area (Å²) < 4.78 is 3.97. The standard InChI is InChI=1S/C24H27N7O4/c1-6-11-30-20(32)16-15(27(3)23(34)25-17(16)14-9-7-13(2)8-10-14)12-31-18-19(26-22(30)31)28(4)24(35)29(5)21(18)33/h7-10,17H,6,11-12H2,1-5H3,(H,25,34)/t17-/m1/s1. The zero-order chi connectivity index (χ0) is 25.2. The highest BCUT2D eigenvalue weighted by Crippen LogP contribution is 2.37. The number of likely N-dealkylation sites (N-methyl/N-ethyl adjacent to an activating group) is 1. The van der Waals surface area contributed by atoms with Crippen LogP contribution < -0.4 is 21.5 Å². The van der Waals surface area contributed by atoms with E-state index in [4.69, 9.17) is 0 Å². The van der Waals surface area contributed by atoms with Gasteiger partial charge in [0.25, 0.3) is 11.5 Å². The normalized spacial score (nSPS) is 18.0. The van der Waals surface area contributed by atoms with E-state index >= 15 is 0 Å². The maximum absolute atomic E-state index is 14.1. The van der Waals surface area contributed by atoms with E-state index in [1.54, 1.807) is 23.6 Å². The van der Waals surface area contributed by atoms with Crippen LogP contribution in [0, 0.1) is 6.92 Å². The molecule has 2 aliphatic rings. The second-order valence-electron chi connectivity index (χ2n) is 9.05. The highest BCUT2D eigenvalue weighted by Gasteiger charge is 2.42. The number of hydrogen-bond acceptors (Lipinski definition) is 5. The minimum Gasteiger partial charge on any atom is -0.327 e. The van der Waals surface area contributed by atoms with Gasteiger partial charge in [-0.25, -0.2) is 9.59 Å². The number of nitrogens with one attached hydrogen (secondary N) is 1. The third-order valence-electron chi connectivity index (χ3n) is 6.79. The van der Waals surface area contributed by atoms with Crippen molar-refractivity contribution in [3.8, 4) is 0 Å². The monoisotopic (exact) mass is 477 g/mol. The Bertz CT molecular complexity index is 1540. The summed E-state index contributed by atoms with van der Waals surface area (Å²) in [6.45, 7) is 4.35. The number of rotatable bonds is 3. The van der Waals surface area contributed by atoms with Gasteiger partial charge in [-0.2, -0.15) is 4.98 Å². The summed E-state index contributed by atoms with van der Waals surface area (Å²) in [4.78, 5) is 60.4. The summed E-state index contributed by atoms with van der Waals surface area (Å²) >= 11 is 0. The number of amides is 3. The van der Waals surface area contributed by atoms with Crippen molar-refractivity contribution in [2.75, 3.05) is 18.5 Å². The van der Waals surface area contributed by atoms with Crippen LogP contribution >= 0.6 is 0 Å². The summed E-state index contributed by atoms with van der Waals surface area (Å²) in [6.07, 6.45) is 0.645. The van der Waals surface area contributed by atoms with Crippen molar-refractivity contribution >= 4 is 29.1 Å². The van der Waals surface area contributed by atoms with Gasteiger partial charge in [0, 0.05) is 27.7 Å². The molecule has 0 fully saturated rings. The van der Waals surface area contributed by atoms with Crippen LogP contribution in [0.3, 0.4) is 0 Å². The quantitative estimate of drug-likeness (QED) is 0.608. The Labute approximate surface area is 200 Å². The number of carbonyl (C=O) groups excluding carboxylic acids is 2. The molecule has 182 valence electrons. The molecule has 1 atom stereocenters. The third kappa shape index (κ3) is 3.22. The van der Waals surface area contributed by atoms with Gasteiger partial charge in [0.1, 0.15) is 0 Å². The molecular formula is C24H27N7O4. The first-order valence-corrected chi connectivity index (χ1v) is 11.5.